The van der Waals surface area contributed by atoms with Crippen LogP contribution < -0.4 is 15.8 Å². The van der Waals surface area contributed by atoms with E-state index in [2.05, 4.69) is 22.4 Å². The van der Waals surface area contributed by atoms with Crippen LogP contribution in [0.1, 0.15) is 18.0 Å². The maximum atomic E-state index is 12.2. The highest BCUT2D eigenvalue weighted by atomic mass is 16.5. The zero-order valence-corrected chi connectivity index (χ0v) is 15.1. The molecule has 2 aromatic rings. The third-order valence-electron chi connectivity index (χ3n) is 4.69. The maximum absolute atomic E-state index is 12.2. The minimum absolute atomic E-state index is 0.0289. The predicted octanol–water partition coefficient (Wildman–Crippen LogP) is 2.64. The molecule has 0 radical (unpaired) electrons. The fourth-order valence-electron chi connectivity index (χ4n) is 3.34. The number of nitrogens with one attached hydrogen (secondary N) is 1. The van der Waals surface area contributed by atoms with Gasteiger partial charge in [-0.1, -0.05) is 30.3 Å². The molecule has 0 spiro atoms. The summed E-state index contributed by atoms with van der Waals surface area (Å²) in [5.74, 6) is 1.36. The van der Waals surface area contributed by atoms with Crippen molar-refractivity contribution in [2.75, 3.05) is 26.0 Å². The number of anilines is 1. The third-order valence-corrected chi connectivity index (χ3v) is 4.69. The molecule has 1 fully saturated rings. The number of guanidine groups is 1. The van der Waals surface area contributed by atoms with E-state index in [0.29, 0.717) is 18.9 Å². The number of amides is 1. The highest BCUT2D eigenvalue weighted by Gasteiger charge is 2.38. The molecule has 3 rings (SSSR count). The second-order valence-corrected chi connectivity index (χ2v) is 6.40. The molecule has 0 bridgehead atoms. The topological polar surface area (TPSA) is 80.0 Å². The van der Waals surface area contributed by atoms with Crippen LogP contribution in [0.4, 0.5) is 5.69 Å². The fraction of sp³-hybridized carbons (Fsp3) is 0.300. The Morgan fingerprint density at radius 2 is 1.92 bits per heavy atom. The quantitative estimate of drug-likeness (QED) is 0.640. The largest absolute Gasteiger partial charge is 0.497 e. The van der Waals surface area contributed by atoms with Gasteiger partial charge in [-0.05, 0) is 29.8 Å². The number of carbonyl (C=O) groups is 1. The first-order valence-corrected chi connectivity index (χ1v) is 8.60. The van der Waals surface area contributed by atoms with Crippen LogP contribution in [-0.2, 0) is 4.79 Å². The van der Waals surface area contributed by atoms with Gasteiger partial charge in [-0.3, -0.25) is 9.79 Å². The lowest BCUT2D eigenvalue weighted by Gasteiger charge is -2.24. The molecule has 0 unspecified atom stereocenters. The number of hydrogen-bond donors (Lipinski definition) is 2. The van der Waals surface area contributed by atoms with Crippen LogP contribution >= 0.6 is 0 Å². The van der Waals surface area contributed by atoms with Gasteiger partial charge in [-0.2, -0.15) is 0 Å². The average molecular weight is 352 g/mol. The molecule has 0 saturated carbocycles. The van der Waals surface area contributed by atoms with E-state index in [9.17, 15) is 4.79 Å². The second kappa shape index (κ2) is 7.91. The molecule has 136 valence electrons. The van der Waals surface area contributed by atoms with Crippen LogP contribution in [0.5, 0.6) is 5.75 Å². The Labute approximate surface area is 153 Å². The van der Waals surface area contributed by atoms with Crippen LogP contribution in [0.15, 0.2) is 59.6 Å². The third kappa shape index (κ3) is 3.96. The Hall–Kier alpha value is -3.02. The Kier molecular flexibility index (Phi) is 5.41. The van der Waals surface area contributed by atoms with Crippen molar-refractivity contribution in [3.05, 3.63) is 60.2 Å². The molecule has 1 heterocycles. The summed E-state index contributed by atoms with van der Waals surface area (Å²) in [6.45, 7) is 0.491. The molecule has 0 aromatic heterocycles. The number of methoxy groups -OCH3 is 1. The van der Waals surface area contributed by atoms with E-state index in [-0.39, 0.29) is 17.9 Å². The fourth-order valence-corrected chi connectivity index (χ4v) is 3.34. The van der Waals surface area contributed by atoms with Crippen molar-refractivity contribution in [2.45, 2.75) is 12.5 Å². The van der Waals surface area contributed by atoms with Gasteiger partial charge >= 0.3 is 0 Å². The maximum Gasteiger partial charge on any atom is 0.223 e. The van der Waals surface area contributed by atoms with Crippen molar-refractivity contribution >= 4 is 17.6 Å². The monoisotopic (exact) mass is 352 g/mol. The van der Waals surface area contributed by atoms with Crippen LogP contribution in [0.25, 0.3) is 0 Å². The molecule has 6 nitrogen and oxygen atoms in total. The van der Waals surface area contributed by atoms with E-state index in [0.717, 1.165) is 17.0 Å². The highest BCUT2D eigenvalue weighted by Crippen LogP contribution is 2.36. The van der Waals surface area contributed by atoms with E-state index in [1.807, 2.05) is 54.4 Å². The van der Waals surface area contributed by atoms with Crippen molar-refractivity contribution in [3.8, 4) is 5.75 Å². The molecule has 3 N–H and O–H groups in total. The first kappa shape index (κ1) is 17.8. The summed E-state index contributed by atoms with van der Waals surface area (Å²) in [5.41, 5.74) is 7.98. The molecule has 6 heteroatoms. The number of carbonyl (C=O) groups excluding carboxylic acids is 1. The standard InChI is InChI=1S/C20H24N4O2/c1-24-18(25)12-15(19(24)14-6-4-3-5-7-14)13-22-20(21)23-16-8-10-17(26-2)11-9-16/h3-11,15,19H,12-13H2,1-2H3,(H3,21,22,23)/t15-,19-/m0/s1. The smallest absolute Gasteiger partial charge is 0.223 e. The average Bonchev–Trinajstić information content (AvgIpc) is 2.95. The van der Waals surface area contributed by atoms with E-state index in [1.54, 1.807) is 7.11 Å². The summed E-state index contributed by atoms with van der Waals surface area (Å²) in [5, 5.41) is 3.07. The summed E-state index contributed by atoms with van der Waals surface area (Å²) in [7, 11) is 3.48. The first-order valence-electron chi connectivity index (χ1n) is 8.60. The first-order chi connectivity index (χ1) is 12.6. The van der Waals surface area contributed by atoms with Gasteiger partial charge in [0.15, 0.2) is 5.96 Å². The Balaban J connectivity index is 1.68. The zero-order valence-electron chi connectivity index (χ0n) is 15.1. The van der Waals surface area contributed by atoms with Gasteiger partial charge in [-0.15, -0.1) is 0 Å². The van der Waals surface area contributed by atoms with Gasteiger partial charge in [0, 0.05) is 31.6 Å². The van der Waals surface area contributed by atoms with Crippen molar-refractivity contribution in [2.24, 2.45) is 16.6 Å². The number of hydrogen-bond acceptors (Lipinski definition) is 3. The predicted molar refractivity (Wildman–Crippen MR) is 103 cm³/mol. The lowest BCUT2D eigenvalue weighted by Crippen LogP contribution is -2.26. The van der Waals surface area contributed by atoms with Crippen LogP contribution in [0.3, 0.4) is 0 Å². The van der Waals surface area contributed by atoms with Crippen LogP contribution in [0.2, 0.25) is 0 Å². The minimum atomic E-state index is 0.0289. The SMILES string of the molecule is COc1ccc(NC(N)=NC[C@@H]2CC(=O)N(C)[C@H]2c2ccccc2)cc1. The Morgan fingerprint density at radius 1 is 1.23 bits per heavy atom. The zero-order chi connectivity index (χ0) is 18.5. The highest BCUT2D eigenvalue weighted by molar-refractivity contribution is 5.92. The number of ether oxygens (including phenoxy) is 1. The van der Waals surface area contributed by atoms with Gasteiger partial charge in [0.25, 0.3) is 0 Å². The van der Waals surface area contributed by atoms with Crippen molar-refractivity contribution in [1.82, 2.24) is 4.90 Å². The van der Waals surface area contributed by atoms with Gasteiger partial charge < -0.3 is 20.7 Å². The molecular weight excluding hydrogens is 328 g/mol. The minimum Gasteiger partial charge on any atom is -0.497 e. The summed E-state index contributed by atoms with van der Waals surface area (Å²) < 4.78 is 5.14. The molecule has 1 saturated heterocycles. The number of benzene rings is 2. The van der Waals surface area contributed by atoms with Gasteiger partial charge in [0.05, 0.1) is 13.2 Å². The van der Waals surface area contributed by atoms with E-state index < -0.39 is 0 Å². The van der Waals surface area contributed by atoms with Crippen molar-refractivity contribution in [1.29, 1.82) is 0 Å². The second-order valence-electron chi connectivity index (χ2n) is 6.40. The molecule has 2 atom stereocenters. The summed E-state index contributed by atoms with van der Waals surface area (Å²) in [4.78, 5) is 18.5. The molecule has 1 aliphatic heterocycles. The summed E-state index contributed by atoms with van der Waals surface area (Å²) in [6.07, 6.45) is 0.482. The van der Waals surface area contributed by atoms with E-state index >= 15 is 0 Å². The summed E-state index contributed by atoms with van der Waals surface area (Å²) >= 11 is 0. The van der Waals surface area contributed by atoms with Gasteiger partial charge in [0.2, 0.25) is 5.91 Å². The number of aliphatic imine (C=N–C) groups is 1. The number of rotatable bonds is 5. The van der Waals surface area contributed by atoms with Gasteiger partial charge in [-0.25, -0.2) is 0 Å². The molecule has 1 aliphatic rings. The van der Waals surface area contributed by atoms with Crippen LogP contribution in [0, 0.1) is 5.92 Å². The molecule has 26 heavy (non-hydrogen) atoms. The molecular formula is C20H24N4O2. The van der Waals surface area contributed by atoms with Gasteiger partial charge in [0.1, 0.15) is 5.75 Å². The lowest BCUT2D eigenvalue weighted by atomic mass is 9.94. The van der Waals surface area contributed by atoms with Crippen molar-refractivity contribution < 1.29 is 9.53 Å². The Bertz CT molecular complexity index is 774. The van der Waals surface area contributed by atoms with Crippen molar-refractivity contribution in [3.63, 3.8) is 0 Å². The summed E-state index contributed by atoms with van der Waals surface area (Å²) in [6, 6.07) is 17.5. The number of likely N-dealkylation sites (tertiary alicyclic amines) is 1. The normalized spacial score (nSPS) is 20.3. The molecule has 2 aromatic carbocycles. The Morgan fingerprint density at radius 3 is 2.58 bits per heavy atom. The number of nitrogens with zero attached hydrogens (tertiary/aromatic N) is 2. The molecule has 1 amide bonds. The van der Waals surface area contributed by atoms with Crippen LogP contribution in [-0.4, -0.2) is 37.5 Å². The van der Waals surface area contributed by atoms with E-state index in [4.69, 9.17) is 10.5 Å². The van der Waals surface area contributed by atoms with E-state index in [1.165, 1.54) is 0 Å². The number of nitrogens with two attached hydrogens (primary N) is 1. The lowest BCUT2D eigenvalue weighted by molar-refractivity contribution is -0.127. The molecule has 0 aliphatic carbocycles.